The van der Waals surface area contributed by atoms with Crippen LogP contribution in [-0.4, -0.2) is 41.2 Å². The Morgan fingerprint density at radius 2 is 2.04 bits per heavy atom. The van der Waals surface area contributed by atoms with Gasteiger partial charge in [0.25, 0.3) is 15.7 Å². The molecule has 0 amide bonds. The lowest BCUT2D eigenvalue weighted by Gasteiger charge is -2.06. The number of hydrogen-bond acceptors (Lipinski definition) is 6. The van der Waals surface area contributed by atoms with Crippen molar-refractivity contribution < 1.29 is 27.6 Å². The SMILES string of the molecule is Cc1cc(O)c(C(=O)C=Cc2cccc(OCCCS(=O)(=O)O)c2)c(=O)[nH]1. The number of aromatic hydroxyl groups is 1. The minimum Gasteiger partial charge on any atom is -0.507 e. The van der Waals surface area contributed by atoms with E-state index in [4.69, 9.17) is 9.29 Å². The van der Waals surface area contributed by atoms with E-state index in [0.717, 1.165) is 6.08 Å². The molecule has 0 unspecified atom stereocenters. The van der Waals surface area contributed by atoms with Crippen molar-refractivity contribution in [2.45, 2.75) is 13.3 Å². The maximum absolute atomic E-state index is 12.2. The van der Waals surface area contributed by atoms with Crippen molar-refractivity contribution >= 4 is 22.0 Å². The summed E-state index contributed by atoms with van der Waals surface area (Å²) in [7, 11) is -4.02. The van der Waals surface area contributed by atoms with E-state index in [1.807, 2.05) is 0 Å². The number of benzene rings is 1. The second-order valence-corrected chi connectivity index (χ2v) is 7.37. The van der Waals surface area contributed by atoms with E-state index < -0.39 is 27.2 Å². The summed E-state index contributed by atoms with van der Waals surface area (Å²) in [4.78, 5) is 26.5. The molecule has 144 valence electrons. The van der Waals surface area contributed by atoms with Crippen LogP contribution in [0.25, 0.3) is 6.08 Å². The first-order chi connectivity index (χ1) is 12.7. The normalized spacial score (nSPS) is 11.6. The zero-order chi connectivity index (χ0) is 20.0. The fraction of sp³-hybridized carbons (Fsp3) is 0.222. The van der Waals surface area contributed by atoms with Crippen molar-refractivity contribution in [1.29, 1.82) is 0 Å². The minimum absolute atomic E-state index is 0.0957. The standard InChI is InChI=1S/C18H19NO7S/c1-12-10-16(21)17(18(22)19-12)15(20)7-6-13-4-2-5-14(11-13)26-8-3-9-27(23,24)25/h2,4-7,10-11H,3,8-9H2,1H3,(H2,19,21,22)(H,23,24,25). The van der Waals surface area contributed by atoms with Crippen molar-refractivity contribution in [1.82, 2.24) is 4.98 Å². The monoisotopic (exact) mass is 393 g/mol. The van der Waals surface area contributed by atoms with Gasteiger partial charge in [0.05, 0.1) is 12.4 Å². The van der Waals surface area contributed by atoms with Gasteiger partial charge in [0.15, 0.2) is 5.78 Å². The fourth-order valence-corrected chi connectivity index (χ4v) is 2.79. The first-order valence-corrected chi connectivity index (χ1v) is 9.60. The van der Waals surface area contributed by atoms with Gasteiger partial charge in [-0.1, -0.05) is 18.2 Å². The van der Waals surface area contributed by atoms with Crippen LogP contribution in [0.2, 0.25) is 0 Å². The molecule has 0 spiro atoms. The molecule has 0 fully saturated rings. The molecule has 1 aromatic carbocycles. The summed E-state index contributed by atoms with van der Waals surface area (Å²) >= 11 is 0. The van der Waals surface area contributed by atoms with E-state index in [0.29, 0.717) is 17.0 Å². The van der Waals surface area contributed by atoms with Crippen molar-refractivity contribution in [3.8, 4) is 11.5 Å². The Balaban J connectivity index is 2.05. The summed E-state index contributed by atoms with van der Waals surface area (Å²) in [5, 5.41) is 9.81. The molecule has 1 aromatic heterocycles. The highest BCUT2D eigenvalue weighted by atomic mass is 32.2. The fourth-order valence-electron chi connectivity index (χ4n) is 2.30. The van der Waals surface area contributed by atoms with Crippen LogP contribution in [-0.2, 0) is 10.1 Å². The highest BCUT2D eigenvalue weighted by Gasteiger charge is 2.14. The van der Waals surface area contributed by atoms with Crippen LogP contribution < -0.4 is 10.3 Å². The average Bonchev–Trinajstić information content (AvgIpc) is 2.55. The smallest absolute Gasteiger partial charge is 0.264 e. The molecule has 8 nitrogen and oxygen atoms in total. The van der Waals surface area contributed by atoms with Crippen LogP contribution in [0.3, 0.4) is 0 Å². The summed E-state index contributed by atoms with van der Waals surface area (Å²) in [6.45, 7) is 1.69. The highest BCUT2D eigenvalue weighted by molar-refractivity contribution is 7.85. The Morgan fingerprint density at radius 1 is 1.30 bits per heavy atom. The van der Waals surface area contributed by atoms with Gasteiger partial charge in [-0.15, -0.1) is 0 Å². The number of hydrogen-bond donors (Lipinski definition) is 3. The molecule has 0 atom stereocenters. The highest BCUT2D eigenvalue weighted by Crippen LogP contribution is 2.17. The second kappa shape index (κ2) is 8.65. The molecular formula is C18H19NO7S. The summed E-state index contributed by atoms with van der Waals surface area (Å²) < 4.78 is 35.3. The van der Waals surface area contributed by atoms with Gasteiger partial charge in [-0.05, 0) is 43.2 Å². The third-order valence-corrected chi connectivity index (χ3v) is 4.30. The zero-order valence-electron chi connectivity index (χ0n) is 14.5. The van der Waals surface area contributed by atoms with Gasteiger partial charge < -0.3 is 14.8 Å². The number of aromatic nitrogens is 1. The quantitative estimate of drug-likeness (QED) is 0.270. The van der Waals surface area contributed by atoms with Gasteiger partial charge in [-0.3, -0.25) is 14.1 Å². The molecule has 0 aliphatic heterocycles. The largest absolute Gasteiger partial charge is 0.507 e. The molecular weight excluding hydrogens is 374 g/mol. The van der Waals surface area contributed by atoms with E-state index in [-0.39, 0.29) is 24.3 Å². The number of H-pyrrole nitrogens is 1. The third kappa shape index (κ3) is 6.39. The number of ketones is 1. The van der Waals surface area contributed by atoms with Crippen LogP contribution in [0.5, 0.6) is 11.5 Å². The maximum atomic E-state index is 12.2. The van der Waals surface area contributed by atoms with Gasteiger partial charge >= 0.3 is 0 Å². The Bertz CT molecular complexity index is 1020. The van der Waals surface area contributed by atoms with Crippen LogP contribution in [0.1, 0.15) is 28.0 Å². The summed E-state index contributed by atoms with van der Waals surface area (Å²) in [5.41, 5.74) is 0.0445. The lowest BCUT2D eigenvalue weighted by molar-refractivity contribution is 0.104. The number of aryl methyl sites for hydroxylation is 1. The molecule has 2 aromatic rings. The zero-order valence-corrected chi connectivity index (χ0v) is 15.3. The van der Waals surface area contributed by atoms with Crippen molar-refractivity contribution in [2.24, 2.45) is 0 Å². The Morgan fingerprint density at radius 3 is 2.70 bits per heavy atom. The first kappa shape index (κ1) is 20.4. The number of carbonyl (C=O) groups is 1. The van der Waals surface area contributed by atoms with Gasteiger partial charge in [0, 0.05) is 5.69 Å². The summed E-state index contributed by atoms with van der Waals surface area (Å²) in [6.07, 6.45) is 2.76. The van der Waals surface area contributed by atoms with Crippen LogP contribution in [0.15, 0.2) is 41.2 Å². The molecule has 0 aliphatic rings. The number of allylic oxidation sites excluding steroid dienone is 1. The van der Waals surface area contributed by atoms with E-state index in [9.17, 15) is 23.1 Å². The van der Waals surface area contributed by atoms with Crippen molar-refractivity contribution in [3.63, 3.8) is 0 Å². The van der Waals surface area contributed by atoms with E-state index in [1.165, 1.54) is 12.1 Å². The number of carbonyl (C=O) groups excluding carboxylic acids is 1. The number of rotatable bonds is 8. The molecule has 1 heterocycles. The summed E-state index contributed by atoms with van der Waals surface area (Å²) in [5.74, 6) is -0.971. The topological polar surface area (TPSA) is 134 Å². The first-order valence-electron chi connectivity index (χ1n) is 7.99. The Kier molecular flexibility index (Phi) is 6.54. The molecule has 0 aliphatic carbocycles. The van der Waals surface area contributed by atoms with Crippen LogP contribution in [0.4, 0.5) is 0 Å². The van der Waals surface area contributed by atoms with Gasteiger partial charge in [0.2, 0.25) is 0 Å². The van der Waals surface area contributed by atoms with E-state index >= 15 is 0 Å². The predicted octanol–water partition coefficient (Wildman–Crippen LogP) is 1.94. The summed E-state index contributed by atoms with van der Waals surface area (Å²) in [6, 6.07) is 7.95. The molecule has 0 bridgehead atoms. The molecule has 3 N–H and O–H groups in total. The van der Waals surface area contributed by atoms with Gasteiger partial charge in [0.1, 0.15) is 17.1 Å². The van der Waals surface area contributed by atoms with Gasteiger partial charge in [-0.2, -0.15) is 8.42 Å². The van der Waals surface area contributed by atoms with Crippen LogP contribution in [0, 0.1) is 6.92 Å². The molecule has 0 radical (unpaired) electrons. The predicted molar refractivity (Wildman–Crippen MR) is 99.8 cm³/mol. The average molecular weight is 393 g/mol. The molecule has 27 heavy (non-hydrogen) atoms. The number of aromatic amines is 1. The molecule has 9 heteroatoms. The molecule has 0 saturated heterocycles. The number of ether oxygens (including phenoxy) is 1. The van der Waals surface area contributed by atoms with E-state index in [2.05, 4.69) is 4.98 Å². The Hall–Kier alpha value is -2.91. The minimum atomic E-state index is -4.02. The lowest BCUT2D eigenvalue weighted by atomic mass is 10.1. The third-order valence-electron chi connectivity index (χ3n) is 3.49. The molecule has 2 rings (SSSR count). The van der Waals surface area contributed by atoms with Crippen molar-refractivity contribution in [2.75, 3.05) is 12.4 Å². The maximum Gasteiger partial charge on any atom is 0.264 e. The second-order valence-electron chi connectivity index (χ2n) is 5.80. The van der Waals surface area contributed by atoms with Crippen LogP contribution >= 0.6 is 0 Å². The Labute approximate surface area is 155 Å². The van der Waals surface area contributed by atoms with Gasteiger partial charge in [-0.25, -0.2) is 0 Å². The number of nitrogens with one attached hydrogen (secondary N) is 1. The van der Waals surface area contributed by atoms with E-state index in [1.54, 1.807) is 31.2 Å². The number of pyridine rings is 1. The lowest BCUT2D eigenvalue weighted by Crippen LogP contribution is -2.17. The molecule has 0 saturated carbocycles. The van der Waals surface area contributed by atoms with Crippen molar-refractivity contribution in [3.05, 3.63) is 63.6 Å².